The van der Waals surface area contributed by atoms with Gasteiger partial charge in [-0.2, -0.15) is 0 Å². The largest absolute Gasteiger partial charge is 0.444 e. The molecule has 2 rings (SSSR count). The van der Waals surface area contributed by atoms with E-state index in [1.807, 2.05) is 20.8 Å². The van der Waals surface area contributed by atoms with Gasteiger partial charge in [0.05, 0.1) is 0 Å². The molecule has 16 heavy (non-hydrogen) atoms. The second-order valence-electron chi connectivity index (χ2n) is 5.74. The van der Waals surface area contributed by atoms with E-state index in [0.717, 1.165) is 6.42 Å². The molecule has 0 N–H and O–H groups in total. The normalized spacial score (nSPS) is 29.4. The van der Waals surface area contributed by atoms with Gasteiger partial charge in [-0.15, -0.1) is 0 Å². The van der Waals surface area contributed by atoms with Crippen molar-refractivity contribution in [3.63, 3.8) is 0 Å². The Morgan fingerprint density at radius 2 is 2.12 bits per heavy atom. The molecule has 2 unspecified atom stereocenters. The van der Waals surface area contributed by atoms with Gasteiger partial charge in [-0.3, -0.25) is 4.79 Å². The monoisotopic (exact) mass is 225 g/mol. The summed E-state index contributed by atoms with van der Waals surface area (Å²) in [5.41, 5.74) is -0.438. The van der Waals surface area contributed by atoms with Crippen LogP contribution in [0.25, 0.3) is 0 Å². The van der Waals surface area contributed by atoms with E-state index in [9.17, 15) is 9.59 Å². The lowest BCUT2D eigenvalue weighted by Gasteiger charge is -2.50. The zero-order chi connectivity index (χ0) is 11.9. The van der Waals surface area contributed by atoms with Crippen molar-refractivity contribution >= 4 is 11.9 Å². The molecule has 0 bridgehead atoms. The number of hydrogen-bond acceptors (Lipinski definition) is 3. The number of amides is 1. The molecule has 1 saturated heterocycles. The summed E-state index contributed by atoms with van der Waals surface area (Å²) >= 11 is 0. The Hall–Kier alpha value is -1.06. The van der Waals surface area contributed by atoms with Crippen LogP contribution in [0.3, 0.4) is 0 Å². The summed E-state index contributed by atoms with van der Waals surface area (Å²) in [6.45, 7) is 6.29. The van der Waals surface area contributed by atoms with Gasteiger partial charge in [0.1, 0.15) is 11.4 Å². The van der Waals surface area contributed by atoms with Crippen LogP contribution in [0.15, 0.2) is 0 Å². The molecule has 0 spiro atoms. The molecule has 1 saturated carbocycles. The second kappa shape index (κ2) is 3.75. The third kappa shape index (κ3) is 2.20. The summed E-state index contributed by atoms with van der Waals surface area (Å²) in [6, 6.07) is 0.243. The smallest absolute Gasteiger partial charge is 0.410 e. The molecule has 1 aliphatic carbocycles. The van der Waals surface area contributed by atoms with Gasteiger partial charge in [0.25, 0.3) is 0 Å². The molecule has 2 fully saturated rings. The Morgan fingerprint density at radius 3 is 2.69 bits per heavy atom. The van der Waals surface area contributed by atoms with Crippen LogP contribution >= 0.6 is 0 Å². The third-order valence-electron chi connectivity index (χ3n) is 3.21. The second-order valence-corrected chi connectivity index (χ2v) is 5.74. The highest BCUT2D eigenvalue weighted by atomic mass is 16.6. The lowest BCUT2D eigenvalue weighted by atomic mass is 9.76. The van der Waals surface area contributed by atoms with Crippen LogP contribution < -0.4 is 0 Å². The number of fused-ring (bicyclic) bond motifs is 1. The van der Waals surface area contributed by atoms with Gasteiger partial charge in [-0.1, -0.05) is 0 Å². The summed E-state index contributed by atoms with van der Waals surface area (Å²) in [6.07, 6.45) is 1.83. The van der Waals surface area contributed by atoms with Crippen molar-refractivity contribution in [2.45, 2.75) is 51.7 Å². The van der Waals surface area contributed by atoms with E-state index in [1.165, 1.54) is 0 Å². The fraction of sp³-hybridized carbons (Fsp3) is 0.833. The van der Waals surface area contributed by atoms with Crippen LogP contribution in [-0.2, 0) is 9.53 Å². The minimum atomic E-state index is -0.438. The van der Waals surface area contributed by atoms with Gasteiger partial charge in [0, 0.05) is 31.3 Å². The van der Waals surface area contributed by atoms with Gasteiger partial charge >= 0.3 is 6.09 Å². The predicted octanol–water partition coefficient (Wildman–Crippen LogP) is 1.97. The predicted molar refractivity (Wildman–Crippen MR) is 59.1 cm³/mol. The molecule has 90 valence electrons. The highest BCUT2D eigenvalue weighted by molar-refractivity contribution is 5.81. The first-order valence-corrected chi connectivity index (χ1v) is 5.88. The van der Waals surface area contributed by atoms with E-state index < -0.39 is 5.60 Å². The van der Waals surface area contributed by atoms with Crippen molar-refractivity contribution < 1.29 is 14.3 Å². The SMILES string of the molecule is CC(C)(C)OC(=O)N1CC2CC(=O)CCC21. The highest BCUT2D eigenvalue weighted by Crippen LogP contribution is 2.36. The topological polar surface area (TPSA) is 46.6 Å². The van der Waals surface area contributed by atoms with Gasteiger partial charge in [-0.05, 0) is 27.2 Å². The van der Waals surface area contributed by atoms with E-state index in [4.69, 9.17) is 4.74 Å². The fourth-order valence-corrected chi connectivity index (χ4v) is 2.45. The molecule has 2 aliphatic rings. The first-order valence-electron chi connectivity index (χ1n) is 5.88. The lowest BCUT2D eigenvalue weighted by molar-refractivity contribution is -0.127. The van der Waals surface area contributed by atoms with E-state index in [-0.39, 0.29) is 12.1 Å². The van der Waals surface area contributed by atoms with Gasteiger partial charge in [0.2, 0.25) is 0 Å². The summed E-state index contributed by atoms with van der Waals surface area (Å²) < 4.78 is 5.32. The minimum absolute atomic E-state index is 0.233. The van der Waals surface area contributed by atoms with E-state index >= 15 is 0 Å². The number of likely N-dealkylation sites (tertiary alicyclic amines) is 1. The number of ketones is 1. The first kappa shape index (κ1) is 11.4. The molecule has 0 aromatic carbocycles. The number of nitrogens with zero attached hydrogens (tertiary/aromatic N) is 1. The number of hydrogen-bond donors (Lipinski definition) is 0. The van der Waals surface area contributed by atoms with E-state index in [1.54, 1.807) is 4.90 Å². The van der Waals surface area contributed by atoms with Crippen LogP contribution in [0.1, 0.15) is 40.0 Å². The van der Waals surface area contributed by atoms with Crippen molar-refractivity contribution in [1.29, 1.82) is 0 Å². The Labute approximate surface area is 95.9 Å². The minimum Gasteiger partial charge on any atom is -0.444 e. The molecule has 1 aliphatic heterocycles. The standard InChI is InChI=1S/C12H19NO3/c1-12(2,3)16-11(15)13-7-8-6-9(14)4-5-10(8)13/h8,10H,4-7H2,1-3H3. The summed E-state index contributed by atoms with van der Waals surface area (Å²) in [5, 5.41) is 0. The van der Waals surface area contributed by atoms with Gasteiger partial charge < -0.3 is 9.64 Å². The maximum Gasteiger partial charge on any atom is 0.410 e. The molecular weight excluding hydrogens is 206 g/mol. The molecule has 1 amide bonds. The summed E-state index contributed by atoms with van der Waals surface area (Å²) in [7, 11) is 0. The Bertz CT molecular complexity index is 319. The lowest BCUT2D eigenvalue weighted by Crippen LogP contribution is -2.61. The molecule has 4 nitrogen and oxygen atoms in total. The van der Waals surface area contributed by atoms with Crippen LogP contribution in [0.4, 0.5) is 4.79 Å². The third-order valence-corrected chi connectivity index (χ3v) is 3.21. The molecule has 2 atom stereocenters. The fourth-order valence-electron chi connectivity index (χ4n) is 2.45. The van der Waals surface area contributed by atoms with Gasteiger partial charge in [-0.25, -0.2) is 4.79 Å². The quantitative estimate of drug-likeness (QED) is 0.633. The van der Waals surface area contributed by atoms with Crippen molar-refractivity contribution in [3.8, 4) is 0 Å². The first-order chi connectivity index (χ1) is 7.37. The van der Waals surface area contributed by atoms with Crippen LogP contribution in [0, 0.1) is 5.92 Å². The number of carbonyl (C=O) groups is 2. The Morgan fingerprint density at radius 1 is 1.44 bits per heavy atom. The van der Waals surface area contributed by atoms with Crippen molar-refractivity contribution in [3.05, 3.63) is 0 Å². The maximum atomic E-state index is 11.8. The zero-order valence-electron chi connectivity index (χ0n) is 10.2. The Balaban J connectivity index is 1.90. The highest BCUT2D eigenvalue weighted by Gasteiger charge is 2.46. The average molecular weight is 225 g/mol. The Kier molecular flexibility index (Phi) is 2.68. The number of Topliss-reactive ketones (excluding diaryl/α,β-unsaturated/α-hetero) is 1. The summed E-state index contributed by atoms with van der Waals surface area (Å²) in [5.74, 6) is 0.721. The van der Waals surface area contributed by atoms with Crippen LogP contribution in [-0.4, -0.2) is 35.0 Å². The number of ether oxygens (including phenoxy) is 1. The summed E-state index contributed by atoms with van der Waals surface area (Å²) in [4.78, 5) is 24.8. The number of rotatable bonds is 0. The van der Waals surface area contributed by atoms with Crippen molar-refractivity contribution in [2.75, 3.05) is 6.54 Å². The van der Waals surface area contributed by atoms with Crippen molar-refractivity contribution in [2.24, 2.45) is 5.92 Å². The van der Waals surface area contributed by atoms with Crippen LogP contribution in [0.5, 0.6) is 0 Å². The van der Waals surface area contributed by atoms with Gasteiger partial charge in [0.15, 0.2) is 0 Å². The van der Waals surface area contributed by atoms with E-state index in [0.29, 0.717) is 31.1 Å². The van der Waals surface area contributed by atoms with Crippen molar-refractivity contribution in [1.82, 2.24) is 4.90 Å². The molecule has 1 heterocycles. The molecular formula is C12H19NO3. The van der Waals surface area contributed by atoms with E-state index in [2.05, 4.69) is 0 Å². The maximum absolute atomic E-state index is 11.8. The number of carbonyl (C=O) groups excluding carboxylic acids is 2. The average Bonchev–Trinajstić information content (AvgIpc) is 2.06. The zero-order valence-corrected chi connectivity index (χ0v) is 10.2. The molecule has 0 radical (unpaired) electrons. The van der Waals surface area contributed by atoms with Crippen LogP contribution in [0.2, 0.25) is 0 Å². The molecule has 0 aromatic rings. The molecule has 4 heteroatoms. The molecule has 0 aromatic heterocycles.